The Bertz CT molecular complexity index is 547. The van der Waals surface area contributed by atoms with Gasteiger partial charge in [-0.05, 0) is 56.5 Å². The second kappa shape index (κ2) is 9.78. The van der Waals surface area contributed by atoms with Crippen LogP contribution in [-0.2, 0) is 10.2 Å². The van der Waals surface area contributed by atoms with Gasteiger partial charge in [-0.3, -0.25) is 4.79 Å². The first-order valence-electron chi connectivity index (χ1n) is 9.18. The lowest BCUT2D eigenvalue weighted by Crippen LogP contribution is -2.37. The molecule has 2 unspecified atom stereocenters. The summed E-state index contributed by atoms with van der Waals surface area (Å²) in [4.78, 5) is 12.4. The molecule has 1 aromatic carbocycles. The summed E-state index contributed by atoms with van der Waals surface area (Å²) in [6.45, 7) is 8.12. The van der Waals surface area contributed by atoms with Gasteiger partial charge in [0, 0.05) is 12.0 Å². The van der Waals surface area contributed by atoms with Gasteiger partial charge < -0.3 is 20.8 Å². The molecule has 2 rings (SSSR count). The first-order chi connectivity index (χ1) is 11.7. The number of carbonyl (C=O) groups is 1. The maximum absolute atomic E-state index is 10.0. The van der Waals surface area contributed by atoms with Crippen molar-refractivity contribution >= 4 is 5.97 Å². The number of nitrogens with zero attached hydrogens (tertiary/aromatic N) is 1. The highest BCUT2D eigenvalue weighted by Crippen LogP contribution is 2.37. The number of phenolic OH excluding ortho intramolecular Hbond substituents is 1. The summed E-state index contributed by atoms with van der Waals surface area (Å²) in [5.41, 5.74) is 6.69. The Kier molecular flexibility index (Phi) is 8.39. The zero-order chi connectivity index (χ0) is 19.0. The van der Waals surface area contributed by atoms with Crippen LogP contribution in [0.4, 0.5) is 0 Å². The van der Waals surface area contributed by atoms with Crippen LogP contribution in [0.3, 0.4) is 0 Å². The first-order valence-corrected chi connectivity index (χ1v) is 9.18. The van der Waals surface area contributed by atoms with E-state index in [-0.39, 0.29) is 11.3 Å². The Labute approximate surface area is 151 Å². The van der Waals surface area contributed by atoms with Crippen molar-refractivity contribution in [2.75, 3.05) is 20.1 Å². The van der Waals surface area contributed by atoms with Crippen molar-refractivity contribution in [2.24, 2.45) is 11.7 Å². The Balaban J connectivity index is 0.000000333. The Morgan fingerprint density at radius 1 is 1.36 bits per heavy atom. The highest BCUT2D eigenvalue weighted by Gasteiger charge is 2.33. The standard InChI is InChI=1S/C15H23NO.C5H11NO2/c1-3-15(9-4-5-10-16(2)12-15)13-7-6-8-14(17)11-13;1-3(2)4(6)5(7)8/h6-8,11,17H,3-5,9-10,12H2,1-2H3;3-4H,6H2,1-2H3,(H,7,8). The molecule has 0 aromatic heterocycles. The molecule has 1 aliphatic heterocycles. The summed E-state index contributed by atoms with van der Waals surface area (Å²) in [5.74, 6) is -0.519. The number of benzene rings is 1. The lowest BCUT2D eigenvalue weighted by molar-refractivity contribution is -0.139. The normalized spacial score (nSPS) is 22.6. The highest BCUT2D eigenvalue weighted by molar-refractivity contribution is 5.73. The number of likely N-dealkylation sites (N-methyl/N-ethyl adjacent to an activating group) is 1. The number of likely N-dealkylation sites (tertiary alicyclic amines) is 1. The van der Waals surface area contributed by atoms with Crippen molar-refractivity contribution in [3.05, 3.63) is 29.8 Å². The van der Waals surface area contributed by atoms with E-state index in [1.54, 1.807) is 19.9 Å². The van der Waals surface area contributed by atoms with Gasteiger partial charge in [-0.1, -0.05) is 39.3 Å². The third-order valence-electron chi connectivity index (χ3n) is 5.16. The number of nitrogens with two attached hydrogens (primary N) is 1. The maximum Gasteiger partial charge on any atom is 0.320 e. The molecule has 4 N–H and O–H groups in total. The molecule has 1 aromatic rings. The third-order valence-corrected chi connectivity index (χ3v) is 5.16. The van der Waals surface area contributed by atoms with Gasteiger partial charge in [-0.15, -0.1) is 0 Å². The Morgan fingerprint density at radius 2 is 2.04 bits per heavy atom. The highest BCUT2D eigenvalue weighted by atomic mass is 16.4. The fourth-order valence-electron chi connectivity index (χ4n) is 3.37. The molecule has 0 bridgehead atoms. The molecule has 0 radical (unpaired) electrons. The average molecular weight is 351 g/mol. The van der Waals surface area contributed by atoms with E-state index < -0.39 is 12.0 Å². The monoisotopic (exact) mass is 350 g/mol. The van der Waals surface area contributed by atoms with Crippen LogP contribution in [0.25, 0.3) is 0 Å². The SMILES string of the molecule is CC(C)C(N)C(=O)O.CCC1(c2cccc(O)c2)CCCCN(C)C1. The predicted molar refractivity (Wildman–Crippen MR) is 102 cm³/mol. The number of carboxylic acids is 1. The zero-order valence-electron chi connectivity index (χ0n) is 16.0. The van der Waals surface area contributed by atoms with Crippen LogP contribution in [-0.4, -0.2) is 47.3 Å². The molecule has 5 heteroatoms. The largest absolute Gasteiger partial charge is 0.508 e. The molecule has 1 fully saturated rings. The van der Waals surface area contributed by atoms with Gasteiger partial charge in [0.1, 0.15) is 11.8 Å². The summed E-state index contributed by atoms with van der Waals surface area (Å²) >= 11 is 0. The number of phenols is 1. The molecule has 5 nitrogen and oxygen atoms in total. The van der Waals surface area contributed by atoms with Gasteiger partial charge in [-0.2, -0.15) is 0 Å². The molecule has 2 atom stereocenters. The van der Waals surface area contributed by atoms with E-state index >= 15 is 0 Å². The van der Waals surface area contributed by atoms with Crippen LogP contribution in [0.1, 0.15) is 52.0 Å². The van der Waals surface area contributed by atoms with Crippen molar-refractivity contribution < 1.29 is 15.0 Å². The van der Waals surface area contributed by atoms with E-state index in [0.717, 1.165) is 13.0 Å². The van der Waals surface area contributed by atoms with Gasteiger partial charge >= 0.3 is 5.97 Å². The van der Waals surface area contributed by atoms with Crippen molar-refractivity contribution in [3.8, 4) is 5.75 Å². The van der Waals surface area contributed by atoms with Crippen molar-refractivity contribution in [1.29, 1.82) is 0 Å². The number of rotatable bonds is 4. The van der Waals surface area contributed by atoms with Gasteiger partial charge in [0.05, 0.1) is 0 Å². The number of carboxylic acid groups (broad SMARTS) is 1. The molecular weight excluding hydrogens is 316 g/mol. The lowest BCUT2D eigenvalue weighted by Gasteiger charge is -2.35. The van der Waals surface area contributed by atoms with E-state index in [1.807, 2.05) is 12.1 Å². The van der Waals surface area contributed by atoms with E-state index in [4.69, 9.17) is 10.8 Å². The van der Waals surface area contributed by atoms with Crippen molar-refractivity contribution in [1.82, 2.24) is 4.90 Å². The van der Waals surface area contributed by atoms with E-state index in [1.165, 1.54) is 31.4 Å². The summed E-state index contributed by atoms with van der Waals surface area (Å²) in [5, 5.41) is 17.9. The van der Waals surface area contributed by atoms with Crippen LogP contribution < -0.4 is 5.73 Å². The third kappa shape index (κ3) is 6.33. The fourth-order valence-corrected chi connectivity index (χ4v) is 3.37. The Hall–Kier alpha value is -1.59. The summed E-state index contributed by atoms with van der Waals surface area (Å²) < 4.78 is 0. The zero-order valence-corrected chi connectivity index (χ0v) is 16.0. The second-order valence-corrected chi connectivity index (χ2v) is 7.49. The summed E-state index contributed by atoms with van der Waals surface area (Å²) in [7, 11) is 2.21. The molecule has 0 aliphatic carbocycles. The number of aliphatic carboxylic acids is 1. The minimum Gasteiger partial charge on any atom is -0.508 e. The summed E-state index contributed by atoms with van der Waals surface area (Å²) in [6.07, 6.45) is 4.95. The van der Waals surface area contributed by atoms with Gasteiger partial charge in [0.2, 0.25) is 0 Å². The average Bonchev–Trinajstić information content (AvgIpc) is 2.76. The molecule has 1 aliphatic rings. The molecule has 25 heavy (non-hydrogen) atoms. The quantitative estimate of drug-likeness (QED) is 0.776. The van der Waals surface area contributed by atoms with Gasteiger partial charge in [0.15, 0.2) is 0 Å². The molecule has 1 heterocycles. The van der Waals surface area contributed by atoms with Crippen molar-refractivity contribution in [3.63, 3.8) is 0 Å². The van der Waals surface area contributed by atoms with Crippen LogP contribution >= 0.6 is 0 Å². The smallest absolute Gasteiger partial charge is 0.320 e. The molecule has 142 valence electrons. The summed E-state index contributed by atoms with van der Waals surface area (Å²) in [6, 6.07) is 7.13. The predicted octanol–water partition coefficient (Wildman–Crippen LogP) is 3.21. The lowest BCUT2D eigenvalue weighted by atomic mass is 9.74. The fraction of sp³-hybridized carbons (Fsp3) is 0.650. The first kappa shape index (κ1) is 21.5. The van der Waals surface area contributed by atoms with Crippen molar-refractivity contribution in [2.45, 2.75) is 57.9 Å². The van der Waals surface area contributed by atoms with Crippen LogP contribution in [0.2, 0.25) is 0 Å². The Morgan fingerprint density at radius 3 is 2.52 bits per heavy atom. The minimum absolute atomic E-state index is 0.0208. The molecular formula is C20H34N2O3. The molecule has 0 spiro atoms. The van der Waals surface area contributed by atoms with E-state index in [0.29, 0.717) is 5.75 Å². The number of hydrogen-bond donors (Lipinski definition) is 3. The van der Waals surface area contributed by atoms with E-state index in [9.17, 15) is 9.90 Å². The molecule has 0 saturated carbocycles. The minimum atomic E-state index is -0.931. The molecule has 1 saturated heterocycles. The topological polar surface area (TPSA) is 86.8 Å². The number of hydrogen-bond acceptors (Lipinski definition) is 4. The maximum atomic E-state index is 10.0. The number of aromatic hydroxyl groups is 1. The van der Waals surface area contributed by atoms with Gasteiger partial charge in [-0.25, -0.2) is 0 Å². The second-order valence-electron chi connectivity index (χ2n) is 7.49. The van der Waals surface area contributed by atoms with Crippen LogP contribution in [0, 0.1) is 5.92 Å². The van der Waals surface area contributed by atoms with Crippen LogP contribution in [0.15, 0.2) is 24.3 Å². The van der Waals surface area contributed by atoms with Gasteiger partial charge in [0.25, 0.3) is 0 Å². The van der Waals surface area contributed by atoms with E-state index in [2.05, 4.69) is 24.9 Å². The molecule has 0 amide bonds. The van der Waals surface area contributed by atoms with Crippen LogP contribution in [0.5, 0.6) is 5.75 Å².